The van der Waals surface area contributed by atoms with Crippen molar-refractivity contribution in [2.75, 3.05) is 7.11 Å². The first-order valence-corrected chi connectivity index (χ1v) is 3.42. The maximum absolute atomic E-state index is 5.80. The topological polar surface area (TPSA) is 27.1 Å². The van der Waals surface area contributed by atoms with Gasteiger partial charge in [-0.15, -0.1) is 0 Å². The van der Waals surface area contributed by atoms with Gasteiger partial charge in [0, 0.05) is 6.54 Å². The largest absolute Gasteiger partial charge is 0.492 e. The summed E-state index contributed by atoms with van der Waals surface area (Å²) in [5, 5.41) is 4.52. The highest BCUT2D eigenvalue weighted by Crippen LogP contribution is 2.22. The van der Waals surface area contributed by atoms with Crippen LogP contribution in [0.4, 0.5) is 0 Å². The van der Waals surface area contributed by atoms with Gasteiger partial charge in [-0.05, 0) is 6.92 Å². The number of rotatable bonds is 2. The van der Waals surface area contributed by atoms with Crippen LogP contribution in [0.25, 0.3) is 0 Å². The van der Waals surface area contributed by atoms with Crippen molar-refractivity contribution in [3.05, 3.63) is 11.3 Å². The summed E-state index contributed by atoms with van der Waals surface area (Å²) in [7, 11) is 1.57. The van der Waals surface area contributed by atoms with Crippen LogP contribution >= 0.6 is 11.6 Å². The molecule has 1 heterocycles. The van der Waals surface area contributed by atoms with E-state index in [1.807, 2.05) is 6.92 Å². The molecule has 3 nitrogen and oxygen atoms in total. The third-order valence-electron chi connectivity index (χ3n) is 1.26. The van der Waals surface area contributed by atoms with Crippen molar-refractivity contribution >= 4 is 11.6 Å². The predicted molar refractivity (Wildman–Crippen MR) is 39.5 cm³/mol. The maximum atomic E-state index is 5.80. The summed E-state index contributed by atoms with van der Waals surface area (Å²) in [5.74, 6) is 0.628. The number of methoxy groups -OCH3 is 1. The number of halogens is 1. The van der Waals surface area contributed by atoms with Gasteiger partial charge in [0.2, 0.25) is 0 Å². The standard InChI is InChI=1S/C6H9ClN2O/c1-3-9-6(7)5(10-2)4-8-9/h4H,3H2,1-2H3. The summed E-state index contributed by atoms with van der Waals surface area (Å²) in [5.41, 5.74) is 0. The monoisotopic (exact) mass is 160 g/mol. The van der Waals surface area contributed by atoms with Gasteiger partial charge in [0.1, 0.15) is 0 Å². The summed E-state index contributed by atoms with van der Waals surface area (Å²) in [4.78, 5) is 0. The fourth-order valence-electron chi connectivity index (χ4n) is 0.711. The maximum Gasteiger partial charge on any atom is 0.175 e. The smallest absolute Gasteiger partial charge is 0.175 e. The van der Waals surface area contributed by atoms with Crippen LogP contribution in [0.5, 0.6) is 5.75 Å². The lowest BCUT2D eigenvalue weighted by molar-refractivity contribution is 0.414. The molecule has 0 saturated heterocycles. The molecule has 0 saturated carbocycles. The zero-order chi connectivity index (χ0) is 7.56. The molecule has 0 radical (unpaired) electrons. The Morgan fingerprint density at radius 3 is 2.80 bits per heavy atom. The second-order valence-electron chi connectivity index (χ2n) is 1.82. The molecule has 0 aliphatic heterocycles. The van der Waals surface area contributed by atoms with E-state index >= 15 is 0 Å². The number of hydrogen-bond acceptors (Lipinski definition) is 2. The second kappa shape index (κ2) is 2.92. The molecule has 0 atom stereocenters. The molecule has 0 aromatic carbocycles. The molecule has 4 heteroatoms. The van der Waals surface area contributed by atoms with E-state index < -0.39 is 0 Å². The van der Waals surface area contributed by atoms with Crippen molar-refractivity contribution < 1.29 is 4.74 Å². The van der Waals surface area contributed by atoms with Crippen molar-refractivity contribution in [2.24, 2.45) is 0 Å². The van der Waals surface area contributed by atoms with E-state index in [0.717, 1.165) is 6.54 Å². The van der Waals surface area contributed by atoms with Gasteiger partial charge in [-0.3, -0.25) is 4.68 Å². The Kier molecular flexibility index (Phi) is 2.17. The van der Waals surface area contributed by atoms with Crippen LogP contribution in [0.2, 0.25) is 5.15 Å². The summed E-state index contributed by atoms with van der Waals surface area (Å²) >= 11 is 5.80. The molecule has 0 unspecified atom stereocenters. The number of hydrogen-bond donors (Lipinski definition) is 0. The molecular weight excluding hydrogens is 152 g/mol. The van der Waals surface area contributed by atoms with Crippen LogP contribution < -0.4 is 4.74 Å². The molecule has 0 amide bonds. The van der Waals surface area contributed by atoms with Crippen LogP contribution in [0, 0.1) is 0 Å². The SMILES string of the molecule is CCn1ncc(OC)c1Cl. The minimum atomic E-state index is 0.560. The van der Waals surface area contributed by atoms with Gasteiger partial charge in [0.25, 0.3) is 0 Å². The first-order chi connectivity index (χ1) is 4.79. The highest BCUT2D eigenvalue weighted by molar-refractivity contribution is 6.31. The molecule has 0 bridgehead atoms. The summed E-state index contributed by atoms with van der Waals surface area (Å²) < 4.78 is 6.58. The van der Waals surface area contributed by atoms with Crippen molar-refractivity contribution in [3.8, 4) is 5.75 Å². The van der Waals surface area contributed by atoms with Crippen LogP contribution in [0.1, 0.15) is 6.92 Å². The minimum Gasteiger partial charge on any atom is -0.492 e. The van der Waals surface area contributed by atoms with Gasteiger partial charge in [-0.2, -0.15) is 5.10 Å². The highest BCUT2D eigenvalue weighted by atomic mass is 35.5. The zero-order valence-corrected chi connectivity index (χ0v) is 6.72. The molecule has 0 aliphatic carbocycles. The normalized spacial score (nSPS) is 9.90. The van der Waals surface area contributed by atoms with Gasteiger partial charge in [-0.25, -0.2) is 0 Å². The summed E-state index contributed by atoms with van der Waals surface area (Å²) in [6.07, 6.45) is 1.60. The third-order valence-corrected chi connectivity index (χ3v) is 1.65. The van der Waals surface area contributed by atoms with Crippen molar-refractivity contribution in [1.82, 2.24) is 9.78 Å². The highest BCUT2D eigenvalue weighted by Gasteiger charge is 2.05. The molecule has 0 fully saturated rings. The van der Waals surface area contributed by atoms with Crippen LogP contribution in [-0.4, -0.2) is 16.9 Å². The average Bonchev–Trinajstić information content (AvgIpc) is 2.30. The Hall–Kier alpha value is -0.700. The third kappa shape index (κ3) is 1.09. The van der Waals surface area contributed by atoms with E-state index in [1.54, 1.807) is 18.0 Å². The molecule has 10 heavy (non-hydrogen) atoms. The van der Waals surface area contributed by atoms with Gasteiger partial charge < -0.3 is 4.74 Å². The second-order valence-corrected chi connectivity index (χ2v) is 2.18. The molecule has 0 aliphatic rings. The zero-order valence-electron chi connectivity index (χ0n) is 5.97. The van der Waals surface area contributed by atoms with Gasteiger partial charge >= 0.3 is 0 Å². The predicted octanol–water partition coefficient (Wildman–Crippen LogP) is 1.56. The number of nitrogens with zero attached hydrogens (tertiary/aromatic N) is 2. The molecule has 1 rings (SSSR count). The van der Waals surface area contributed by atoms with E-state index in [9.17, 15) is 0 Å². The summed E-state index contributed by atoms with van der Waals surface area (Å²) in [6.45, 7) is 2.74. The Bertz CT molecular complexity index is 200. The fraction of sp³-hybridized carbons (Fsp3) is 0.500. The first kappa shape index (κ1) is 7.41. The van der Waals surface area contributed by atoms with Crippen molar-refractivity contribution in [1.29, 1.82) is 0 Å². The van der Waals surface area contributed by atoms with Gasteiger partial charge in [0.15, 0.2) is 10.9 Å². The fourth-order valence-corrected chi connectivity index (χ4v) is 1.000. The molecule has 1 aromatic heterocycles. The molecule has 1 aromatic rings. The molecule has 56 valence electrons. The lowest BCUT2D eigenvalue weighted by atomic mass is 10.6. The average molecular weight is 161 g/mol. The van der Waals surface area contributed by atoms with E-state index in [0.29, 0.717) is 10.9 Å². The van der Waals surface area contributed by atoms with Crippen LogP contribution in [0.3, 0.4) is 0 Å². The molecule has 0 spiro atoms. The Labute approximate surface area is 64.6 Å². The minimum absolute atomic E-state index is 0.560. The van der Waals surface area contributed by atoms with Crippen molar-refractivity contribution in [2.45, 2.75) is 13.5 Å². The molecule has 0 N–H and O–H groups in total. The lowest BCUT2D eigenvalue weighted by Crippen LogP contribution is -1.95. The van der Waals surface area contributed by atoms with Crippen LogP contribution in [0.15, 0.2) is 6.20 Å². The Morgan fingerprint density at radius 2 is 2.50 bits per heavy atom. The van der Waals surface area contributed by atoms with Gasteiger partial charge in [0.05, 0.1) is 13.3 Å². The first-order valence-electron chi connectivity index (χ1n) is 3.05. The van der Waals surface area contributed by atoms with Crippen molar-refractivity contribution in [3.63, 3.8) is 0 Å². The summed E-state index contributed by atoms with van der Waals surface area (Å²) in [6, 6.07) is 0. The number of aryl methyl sites for hydroxylation is 1. The Morgan fingerprint density at radius 1 is 1.80 bits per heavy atom. The van der Waals surface area contributed by atoms with Gasteiger partial charge in [-0.1, -0.05) is 11.6 Å². The van der Waals surface area contributed by atoms with E-state index in [-0.39, 0.29) is 0 Å². The van der Waals surface area contributed by atoms with E-state index in [1.165, 1.54) is 0 Å². The number of ether oxygens (including phenoxy) is 1. The Balaban J connectivity index is 2.97. The van der Waals surface area contributed by atoms with E-state index in [4.69, 9.17) is 16.3 Å². The quantitative estimate of drug-likeness (QED) is 0.657. The van der Waals surface area contributed by atoms with Crippen LogP contribution in [-0.2, 0) is 6.54 Å². The number of aromatic nitrogens is 2. The van der Waals surface area contributed by atoms with E-state index in [2.05, 4.69) is 5.10 Å². The molecular formula is C6H9ClN2O. The lowest BCUT2D eigenvalue weighted by Gasteiger charge is -1.96.